The van der Waals surface area contributed by atoms with Gasteiger partial charge < -0.3 is 5.11 Å². The van der Waals surface area contributed by atoms with Crippen molar-refractivity contribution in [1.82, 2.24) is 4.98 Å². The number of rotatable bonds is 3. The zero-order valence-corrected chi connectivity index (χ0v) is 12.2. The first-order chi connectivity index (χ1) is 10.6. The molecule has 22 heavy (non-hydrogen) atoms. The Morgan fingerprint density at radius 1 is 1.00 bits per heavy atom. The number of carbonyl (C=O) groups is 1. The van der Waals surface area contributed by atoms with E-state index in [2.05, 4.69) is 11.1 Å². The fraction of sp³-hybridized carbons (Fsp3) is 0.0526. The van der Waals surface area contributed by atoms with Gasteiger partial charge in [0, 0.05) is 17.0 Å². The van der Waals surface area contributed by atoms with Crippen LogP contribution in [0.1, 0.15) is 12.5 Å². The molecule has 3 nitrogen and oxygen atoms in total. The van der Waals surface area contributed by atoms with E-state index < -0.39 is 5.97 Å². The molecule has 0 fully saturated rings. The van der Waals surface area contributed by atoms with Crippen LogP contribution in [-0.2, 0) is 4.79 Å². The van der Waals surface area contributed by atoms with Gasteiger partial charge in [0.1, 0.15) is 0 Å². The van der Waals surface area contributed by atoms with Gasteiger partial charge in [-0.15, -0.1) is 0 Å². The van der Waals surface area contributed by atoms with Crippen LogP contribution in [0.4, 0.5) is 0 Å². The largest absolute Gasteiger partial charge is 0.478 e. The van der Waals surface area contributed by atoms with Crippen molar-refractivity contribution in [2.24, 2.45) is 0 Å². The molecule has 1 heterocycles. The number of hydrogen-bond acceptors (Lipinski definition) is 2. The molecule has 0 saturated heterocycles. The minimum absolute atomic E-state index is 0.727. The van der Waals surface area contributed by atoms with E-state index >= 15 is 0 Å². The van der Waals surface area contributed by atoms with Gasteiger partial charge in [-0.2, -0.15) is 0 Å². The summed E-state index contributed by atoms with van der Waals surface area (Å²) in [5.74, 6) is -0.933. The molecule has 108 valence electrons. The van der Waals surface area contributed by atoms with E-state index in [4.69, 9.17) is 5.11 Å². The maximum atomic E-state index is 10.7. The van der Waals surface area contributed by atoms with E-state index in [1.165, 1.54) is 6.08 Å². The van der Waals surface area contributed by atoms with Crippen molar-refractivity contribution in [3.05, 3.63) is 72.3 Å². The van der Waals surface area contributed by atoms with Gasteiger partial charge in [0.05, 0.1) is 11.2 Å². The zero-order valence-electron chi connectivity index (χ0n) is 12.2. The number of carboxylic acid groups (broad SMARTS) is 1. The van der Waals surface area contributed by atoms with Crippen molar-refractivity contribution >= 4 is 22.4 Å². The van der Waals surface area contributed by atoms with Crippen LogP contribution in [0.5, 0.6) is 0 Å². The van der Waals surface area contributed by atoms with E-state index in [9.17, 15) is 4.79 Å². The van der Waals surface area contributed by atoms with Crippen molar-refractivity contribution in [3.8, 4) is 11.3 Å². The number of hydrogen-bond donors (Lipinski definition) is 1. The molecule has 3 aromatic rings. The normalized spacial score (nSPS) is 11.6. The van der Waals surface area contributed by atoms with Crippen LogP contribution < -0.4 is 0 Å². The number of aliphatic carboxylic acids is 1. The summed E-state index contributed by atoms with van der Waals surface area (Å²) < 4.78 is 0. The summed E-state index contributed by atoms with van der Waals surface area (Å²) in [5, 5.41) is 9.91. The number of nitrogens with zero attached hydrogens (tertiary/aromatic N) is 1. The lowest BCUT2D eigenvalue weighted by Gasteiger charge is -2.05. The lowest BCUT2D eigenvalue weighted by Crippen LogP contribution is -1.90. The molecule has 0 aliphatic carbocycles. The second-order valence-corrected chi connectivity index (χ2v) is 5.13. The van der Waals surface area contributed by atoms with Gasteiger partial charge in [-0.1, -0.05) is 48.5 Å². The maximum absolute atomic E-state index is 10.7. The average molecular weight is 289 g/mol. The molecule has 0 saturated carbocycles. The Labute approximate surface area is 128 Å². The SMILES string of the molecule is C/C(=C\C(=O)O)c1ccc(-c2ccc3ccccc3n2)cc1. The highest BCUT2D eigenvalue weighted by atomic mass is 16.4. The second-order valence-electron chi connectivity index (χ2n) is 5.13. The highest BCUT2D eigenvalue weighted by Gasteiger charge is 2.03. The number of benzene rings is 2. The average Bonchev–Trinajstić information content (AvgIpc) is 2.54. The van der Waals surface area contributed by atoms with Gasteiger partial charge in [-0.05, 0) is 30.2 Å². The molecule has 0 atom stereocenters. The van der Waals surface area contributed by atoms with Gasteiger partial charge in [-0.3, -0.25) is 0 Å². The number of fused-ring (bicyclic) bond motifs is 1. The van der Waals surface area contributed by atoms with Gasteiger partial charge in [-0.25, -0.2) is 9.78 Å². The molecule has 3 rings (SSSR count). The van der Waals surface area contributed by atoms with Crippen LogP contribution in [-0.4, -0.2) is 16.1 Å². The predicted molar refractivity (Wildman–Crippen MR) is 88.5 cm³/mol. The molecule has 0 unspecified atom stereocenters. The molecule has 0 spiro atoms. The first kappa shape index (κ1) is 14.0. The van der Waals surface area contributed by atoms with Gasteiger partial charge in [0.25, 0.3) is 0 Å². The Balaban J connectivity index is 1.96. The number of carboxylic acids is 1. The summed E-state index contributed by atoms with van der Waals surface area (Å²) >= 11 is 0. The van der Waals surface area contributed by atoms with Crippen LogP contribution in [0.25, 0.3) is 27.7 Å². The zero-order chi connectivity index (χ0) is 15.5. The summed E-state index contributed by atoms with van der Waals surface area (Å²) in [6.45, 7) is 1.79. The first-order valence-electron chi connectivity index (χ1n) is 7.01. The molecule has 0 aliphatic heterocycles. The molecule has 1 aromatic heterocycles. The van der Waals surface area contributed by atoms with Crippen LogP contribution in [0, 0.1) is 0 Å². The third-order valence-corrected chi connectivity index (χ3v) is 3.57. The third kappa shape index (κ3) is 2.88. The first-order valence-corrected chi connectivity index (χ1v) is 7.01. The van der Waals surface area contributed by atoms with E-state index in [1.54, 1.807) is 6.92 Å². The Kier molecular flexibility index (Phi) is 3.71. The maximum Gasteiger partial charge on any atom is 0.328 e. The van der Waals surface area contributed by atoms with Gasteiger partial charge in [0.2, 0.25) is 0 Å². The van der Waals surface area contributed by atoms with Crippen LogP contribution in [0.3, 0.4) is 0 Å². The molecular weight excluding hydrogens is 274 g/mol. The lowest BCUT2D eigenvalue weighted by atomic mass is 10.0. The van der Waals surface area contributed by atoms with Gasteiger partial charge >= 0.3 is 5.97 Å². The van der Waals surface area contributed by atoms with Crippen molar-refractivity contribution in [2.45, 2.75) is 6.92 Å². The fourth-order valence-electron chi connectivity index (χ4n) is 2.40. The van der Waals surface area contributed by atoms with Crippen molar-refractivity contribution in [2.75, 3.05) is 0 Å². The molecule has 3 heteroatoms. The number of aromatic nitrogens is 1. The number of pyridine rings is 1. The van der Waals surface area contributed by atoms with Crippen molar-refractivity contribution in [1.29, 1.82) is 0 Å². The highest BCUT2D eigenvalue weighted by molar-refractivity contribution is 5.89. The summed E-state index contributed by atoms with van der Waals surface area (Å²) in [6.07, 6.45) is 1.21. The Bertz CT molecular complexity index is 864. The minimum Gasteiger partial charge on any atom is -0.478 e. The molecule has 2 aromatic carbocycles. The van der Waals surface area contributed by atoms with E-state index in [0.717, 1.165) is 33.3 Å². The smallest absolute Gasteiger partial charge is 0.328 e. The topological polar surface area (TPSA) is 50.2 Å². The number of allylic oxidation sites excluding steroid dienone is 1. The number of para-hydroxylation sites is 1. The summed E-state index contributed by atoms with van der Waals surface area (Å²) in [5.41, 5.74) is 4.51. The summed E-state index contributed by atoms with van der Waals surface area (Å²) in [7, 11) is 0. The van der Waals surface area contributed by atoms with Crippen LogP contribution in [0.2, 0.25) is 0 Å². The van der Waals surface area contributed by atoms with Gasteiger partial charge in [0.15, 0.2) is 0 Å². The Hall–Kier alpha value is -2.94. The van der Waals surface area contributed by atoms with E-state index in [1.807, 2.05) is 54.6 Å². The molecule has 0 bridgehead atoms. The summed E-state index contributed by atoms with van der Waals surface area (Å²) in [4.78, 5) is 15.4. The lowest BCUT2D eigenvalue weighted by molar-refractivity contribution is -0.131. The molecule has 0 amide bonds. The minimum atomic E-state index is -0.933. The predicted octanol–water partition coefficient (Wildman–Crippen LogP) is 4.39. The monoisotopic (exact) mass is 289 g/mol. The third-order valence-electron chi connectivity index (χ3n) is 3.57. The Morgan fingerprint density at radius 2 is 1.73 bits per heavy atom. The quantitative estimate of drug-likeness (QED) is 0.727. The van der Waals surface area contributed by atoms with Crippen LogP contribution >= 0.6 is 0 Å². The molecule has 1 N–H and O–H groups in total. The van der Waals surface area contributed by atoms with E-state index in [-0.39, 0.29) is 0 Å². The summed E-state index contributed by atoms with van der Waals surface area (Å²) in [6, 6.07) is 19.8. The van der Waals surface area contributed by atoms with Crippen molar-refractivity contribution < 1.29 is 9.90 Å². The van der Waals surface area contributed by atoms with Crippen molar-refractivity contribution in [3.63, 3.8) is 0 Å². The molecule has 0 aliphatic rings. The van der Waals surface area contributed by atoms with E-state index in [0.29, 0.717) is 0 Å². The second kappa shape index (κ2) is 5.82. The standard InChI is InChI=1S/C19H15NO2/c1-13(12-19(21)22)14-6-8-16(9-7-14)18-11-10-15-4-2-3-5-17(15)20-18/h2-12H,1H3,(H,21,22)/b13-12+. The molecule has 0 radical (unpaired) electrons. The fourth-order valence-corrected chi connectivity index (χ4v) is 2.40. The molecular formula is C19H15NO2. The Morgan fingerprint density at radius 3 is 2.45 bits per heavy atom. The highest BCUT2D eigenvalue weighted by Crippen LogP contribution is 2.23. The van der Waals surface area contributed by atoms with Crippen LogP contribution in [0.15, 0.2) is 66.7 Å².